The number of thioether (sulfide) groups is 1. The van der Waals surface area contributed by atoms with Gasteiger partial charge in [-0.1, -0.05) is 42.1 Å². The molecule has 0 unspecified atom stereocenters. The number of benzene rings is 2. The SMILES string of the molecule is O=C(Nc1ccc(F)cc1)c1ccc(CSc2nc(N3CCN(Cc4ccccc4)CC3)cc(C(F)(F)F)n2)o1. The highest BCUT2D eigenvalue weighted by Crippen LogP contribution is 2.33. The van der Waals surface area contributed by atoms with Crippen molar-refractivity contribution < 1.29 is 26.8 Å². The molecule has 1 fully saturated rings. The summed E-state index contributed by atoms with van der Waals surface area (Å²) in [7, 11) is 0. The number of nitrogens with zero attached hydrogens (tertiary/aromatic N) is 4. The van der Waals surface area contributed by atoms with Crippen LogP contribution in [-0.4, -0.2) is 47.0 Å². The first-order valence-corrected chi connectivity index (χ1v) is 13.5. The Hall–Kier alpha value is -3.90. The summed E-state index contributed by atoms with van der Waals surface area (Å²) in [6.45, 7) is 3.24. The van der Waals surface area contributed by atoms with Gasteiger partial charge in [-0.05, 0) is 42.0 Å². The van der Waals surface area contributed by atoms with E-state index in [1.807, 2.05) is 23.1 Å². The lowest BCUT2D eigenvalue weighted by Crippen LogP contribution is -2.46. The van der Waals surface area contributed by atoms with Crippen molar-refractivity contribution >= 4 is 29.2 Å². The third-order valence-electron chi connectivity index (χ3n) is 6.26. The van der Waals surface area contributed by atoms with Crippen LogP contribution in [-0.2, 0) is 18.5 Å². The highest BCUT2D eigenvalue weighted by atomic mass is 32.2. The number of carbonyl (C=O) groups excluding carboxylic acids is 1. The number of aromatic nitrogens is 2. The van der Waals surface area contributed by atoms with Gasteiger partial charge in [0.05, 0.1) is 5.75 Å². The minimum atomic E-state index is -4.63. The van der Waals surface area contributed by atoms with Crippen LogP contribution in [0.1, 0.15) is 27.6 Å². The van der Waals surface area contributed by atoms with Gasteiger partial charge in [0.15, 0.2) is 16.6 Å². The smallest absolute Gasteiger partial charge is 0.433 e. The molecular formula is C28H25F4N5O2S. The van der Waals surface area contributed by atoms with Gasteiger partial charge in [-0.3, -0.25) is 9.69 Å². The van der Waals surface area contributed by atoms with Crippen LogP contribution in [0, 0.1) is 5.82 Å². The highest BCUT2D eigenvalue weighted by molar-refractivity contribution is 7.98. The maximum absolute atomic E-state index is 13.7. The van der Waals surface area contributed by atoms with Gasteiger partial charge in [0.25, 0.3) is 5.91 Å². The number of hydrogen-bond acceptors (Lipinski definition) is 7. The number of anilines is 2. The number of alkyl halides is 3. The zero-order valence-corrected chi connectivity index (χ0v) is 22.0. The first kappa shape index (κ1) is 27.7. The van der Waals surface area contributed by atoms with Gasteiger partial charge in [0, 0.05) is 44.5 Å². The molecule has 1 aliphatic rings. The maximum Gasteiger partial charge on any atom is 0.433 e. The minimum absolute atomic E-state index is 0.0129. The van der Waals surface area contributed by atoms with E-state index in [9.17, 15) is 22.4 Å². The molecule has 40 heavy (non-hydrogen) atoms. The van der Waals surface area contributed by atoms with Crippen molar-refractivity contribution in [2.24, 2.45) is 0 Å². The molecule has 12 heteroatoms. The number of piperazine rings is 1. The highest BCUT2D eigenvalue weighted by Gasteiger charge is 2.34. The molecule has 1 N–H and O–H groups in total. The van der Waals surface area contributed by atoms with E-state index in [4.69, 9.17) is 4.42 Å². The zero-order chi connectivity index (χ0) is 28.1. The average Bonchev–Trinajstić information content (AvgIpc) is 3.43. The van der Waals surface area contributed by atoms with Crippen molar-refractivity contribution in [3.63, 3.8) is 0 Å². The van der Waals surface area contributed by atoms with Gasteiger partial charge in [0.2, 0.25) is 0 Å². The lowest BCUT2D eigenvalue weighted by Gasteiger charge is -2.35. The molecule has 0 saturated carbocycles. The lowest BCUT2D eigenvalue weighted by molar-refractivity contribution is -0.141. The predicted octanol–water partition coefficient (Wildman–Crippen LogP) is 6.09. The Bertz CT molecular complexity index is 1440. The average molecular weight is 572 g/mol. The second-order valence-corrected chi connectivity index (χ2v) is 10.1. The van der Waals surface area contributed by atoms with E-state index in [1.54, 1.807) is 6.07 Å². The Morgan fingerprint density at radius 1 is 0.950 bits per heavy atom. The minimum Gasteiger partial charge on any atom is -0.455 e. The summed E-state index contributed by atoms with van der Waals surface area (Å²) in [4.78, 5) is 24.7. The standard InChI is InChI=1S/C28H25F4N5O2S/c29-20-6-8-21(9-7-20)33-26(38)23-11-10-22(39-23)18-40-27-34-24(28(30,31)32)16-25(35-27)37-14-12-36(13-15-37)17-19-4-2-1-3-5-19/h1-11,16H,12-15,17-18H2,(H,33,38). The van der Waals surface area contributed by atoms with Gasteiger partial charge in [-0.15, -0.1) is 0 Å². The normalized spacial score (nSPS) is 14.3. The van der Waals surface area contributed by atoms with E-state index in [1.165, 1.54) is 35.9 Å². The maximum atomic E-state index is 13.7. The van der Waals surface area contributed by atoms with E-state index >= 15 is 0 Å². The Kier molecular flexibility index (Phi) is 8.36. The van der Waals surface area contributed by atoms with Crippen LogP contribution in [0.5, 0.6) is 0 Å². The van der Waals surface area contributed by atoms with Crippen LogP contribution in [0.15, 0.2) is 82.4 Å². The van der Waals surface area contributed by atoms with Crippen LogP contribution in [0.2, 0.25) is 0 Å². The summed E-state index contributed by atoms with van der Waals surface area (Å²) in [5.41, 5.74) is 0.570. The third-order valence-corrected chi connectivity index (χ3v) is 7.13. The fraction of sp³-hybridized carbons (Fsp3) is 0.250. The molecular weight excluding hydrogens is 546 g/mol. The Morgan fingerprint density at radius 3 is 2.38 bits per heavy atom. The molecule has 7 nitrogen and oxygen atoms in total. The molecule has 2 aromatic carbocycles. The van der Waals surface area contributed by atoms with Crippen LogP contribution in [0.3, 0.4) is 0 Å². The van der Waals surface area contributed by atoms with Crippen LogP contribution >= 0.6 is 11.8 Å². The zero-order valence-electron chi connectivity index (χ0n) is 21.2. The van der Waals surface area contributed by atoms with Crippen LogP contribution in [0.4, 0.5) is 29.1 Å². The number of rotatable bonds is 8. The summed E-state index contributed by atoms with van der Waals surface area (Å²) < 4.78 is 59.6. The number of furan rings is 1. The molecule has 2 aromatic heterocycles. The van der Waals surface area contributed by atoms with Crippen molar-refractivity contribution in [1.82, 2.24) is 14.9 Å². The molecule has 4 aromatic rings. The first-order valence-electron chi connectivity index (χ1n) is 12.5. The molecule has 0 bridgehead atoms. The summed E-state index contributed by atoms with van der Waals surface area (Å²) in [5, 5.41) is 2.56. The molecule has 0 aliphatic carbocycles. The first-order chi connectivity index (χ1) is 19.2. The fourth-order valence-corrected chi connectivity index (χ4v) is 4.95. The van der Waals surface area contributed by atoms with E-state index in [2.05, 4.69) is 32.3 Å². The molecule has 208 valence electrons. The molecule has 1 aliphatic heterocycles. The topological polar surface area (TPSA) is 74.5 Å². The van der Waals surface area contributed by atoms with Gasteiger partial charge < -0.3 is 14.6 Å². The van der Waals surface area contributed by atoms with Crippen molar-refractivity contribution in [2.45, 2.75) is 23.6 Å². The molecule has 0 atom stereocenters. The second-order valence-electron chi connectivity index (χ2n) is 9.16. The summed E-state index contributed by atoms with van der Waals surface area (Å²) in [6.07, 6.45) is -4.63. The lowest BCUT2D eigenvalue weighted by atomic mass is 10.2. The number of carbonyl (C=O) groups is 1. The van der Waals surface area contributed by atoms with Crippen molar-refractivity contribution in [3.8, 4) is 0 Å². The molecule has 0 radical (unpaired) electrons. The summed E-state index contributed by atoms with van der Waals surface area (Å²) in [6, 6.07) is 19.3. The van der Waals surface area contributed by atoms with E-state index in [-0.39, 0.29) is 22.5 Å². The number of halogens is 4. The molecule has 5 rings (SSSR count). The monoisotopic (exact) mass is 571 g/mol. The largest absolute Gasteiger partial charge is 0.455 e. The Balaban J connectivity index is 1.23. The molecule has 0 spiro atoms. The fourth-order valence-electron chi connectivity index (χ4n) is 4.20. The van der Waals surface area contributed by atoms with Gasteiger partial charge in [-0.25, -0.2) is 14.4 Å². The predicted molar refractivity (Wildman–Crippen MR) is 144 cm³/mol. The Morgan fingerprint density at radius 2 is 1.68 bits per heavy atom. The van der Waals surface area contributed by atoms with Gasteiger partial charge in [-0.2, -0.15) is 13.2 Å². The van der Waals surface area contributed by atoms with Crippen molar-refractivity contribution in [1.29, 1.82) is 0 Å². The van der Waals surface area contributed by atoms with E-state index in [0.717, 1.165) is 24.4 Å². The third kappa shape index (κ3) is 7.19. The van der Waals surface area contributed by atoms with Crippen LogP contribution in [0.25, 0.3) is 0 Å². The van der Waals surface area contributed by atoms with Gasteiger partial charge in [0.1, 0.15) is 17.4 Å². The summed E-state index contributed by atoms with van der Waals surface area (Å²) in [5.74, 6) is -0.240. The second kappa shape index (κ2) is 12.1. The number of nitrogens with one attached hydrogen (secondary N) is 1. The number of amides is 1. The molecule has 1 saturated heterocycles. The quantitative estimate of drug-likeness (QED) is 0.156. The molecule has 1 amide bonds. The van der Waals surface area contributed by atoms with Crippen LogP contribution < -0.4 is 10.2 Å². The van der Waals surface area contributed by atoms with Crippen molar-refractivity contribution in [3.05, 3.63) is 101 Å². The Labute approximate surface area is 232 Å². The molecule has 3 heterocycles. The van der Waals surface area contributed by atoms with E-state index < -0.39 is 23.6 Å². The number of hydrogen-bond donors (Lipinski definition) is 1. The summed E-state index contributed by atoms with van der Waals surface area (Å²) >= 11 is 0.988. The van der Waals surface area contributed by atoms with Gasteiger partial charge >= 0.3 is 6.18 Å². The van der Waals surface area contributed by atoms with E-state index in [0.29, 0.717) is 37.6 Å². The van der Waals surface area contributed by atoms with Crippen molar-refractivity contribution in [2.75, 3.05) is 36.4 Å².